The molecule has 30 heavy (non-hydrogen) atoms. The minimum atomic E-state index is -0.261. The summed E-state index contributed by atoms with van der Waals surface area (Å²) in [5.74, 6) is 1.09. The first-order chi connectivity index (χ1) is 14.8. The Balaban J connectivity index is 1.49. The molecule has 1 aromatic carbocycles. The van der Waals surface area contributed by atoms with Gasteiger partial charge in [0.1, 0.15) is 10.7 Å². The molecule has 1 aliphatic rings. The summed E-state index contributed by atoms with van der Waals surface area (Å²) >= 11 is 3.33. The highest BCUT2D eigenvalue weighted by atomic mass is 32.2. The molecule has 0 fully saturated rings. The van der Waals surface area contributed by atoms with E-state index in [0.29, 0.717) is 0 Å². The number of pyridine rings is 1. The van der Waals surface area contributed by atoms with Gasteiger partial charge in [0.05, 0.1) is 5.00 Å². The van der Waals surface area contributed by atoms with Crippen LogP contribution in [-0.4, -0.2) is 26.5 Å². The third-order valence-corrected chi connectivity index (χ3v) is 6.75. The zero-order chi connectivity index (χ0) is 20.3. The minimum Gasteiger partial charge on any atom is -0.308 e. The van der Waals surface area contributed by atoms with E-state index >= 15 is 0 Å². The Labute approximate surface area is 182 Å². The standard InChI is InChI=1S/C22H19N5OS2/c28-22(25-18-6-2-12-29-18)24-17-5-1-4-16(14-17)20-19(15-7-9-23-10-8-15)21-27(26-20)11-3-13-30-21/h1-2,4-10,12,14H,3,11,13H2,(H2,24,25,28). The highest BCUT2D eigenvalue weighted by Crippen LogP contribution is 2.41. The van der Waals surface area contributed by atoms with Crippen LogP contribution in [0.25, 0.3) is 22.4 Å². The van der Waals surface area contributed by atoms with Crippen molar-refractivity contribution in [1.82, 2.24) is 14.8 Å². The number of nitrogens with zero attached hydrogens (tertiary/aromatic N) is 3. The lowest BCUT2D eigenvalue weighted by atomic mass is 10.0. The number of hydrogen-bond donors (Lipinski definition) is 2. The molecule has 0 spiro atoms. The average Bonchev–Trinajstić information content (AvgIpc) is 3.42. The number of fused-ring (bicyclic) bond motifs is 1. The number of hydrogen-bond acceptors (Lipinski definition) is 5. The van der Waals surface area contributed by atoms with Crippen LogP contribution in [0.1, 0.15) is 6.42 Å². The van der Waals surface area contributed by atoms with Crippen LogP contribution in [0.2, 0.25) is 0 Å². The van der Waals surface area contributed by atoms with Gasteiger partial charge in [-0.15, -0.1) is 23.1 Å². The summed E-state index contributed by atoms with van der Waals surface area (Å²) in [6.07, 6.45) is 4.73. The number of carbonyl (C=O) groups is 1. The molecular weight excluding hydrogens is 414 g/mol. The molecule has 150 valence electrons. The number of nitrogens with one attached hydrogen (secondary N) is 2. The van der Waals surface area contributed by atoms with E-state index in [2.05, 4.69) is 20.3 Å². The number of thiophene rings is 1. The molecule has 2 amide bonds. The first-order valence-corrected chi connectivity index (χ1v) is 11.5. The third kappa shape index (κ3) is 3.83. The predicted molar refractivity (Wildman–Crippen MR) is 123 cm³/mol. The van der Waals surface area contributed by atoms with Gasteiger partial charge < -0.3 is 5.32 Å². The summed E-state index contributed by atoms with van der Waals surface area (Å²) in [5.41, 5.74) is 4.85. The van der Waals surface area contributed by atoms with Crippen LogP contribution in [0, 0.1) is 0 Å². The van der Waals surface area contributed by atoms with Gasteiger partial charge in [-0.1, -0.05) is 12.1 Å². The lowest BCUT2D eigenvalue weighted by molar-refractivity contribution is 0.262. The Morgan fingerprint density at radius 3 is 2.77 bits per heavy atom. The summed E-state index contributed by atoms with van der Waals surface area (Å²) in [7, 11) is 0. The topological polar surface area (TPSA) is 71.8 Å². The number of rotatable bonds is 4. The number of amides is 2. The Kier molecular flexibility index (Phi) is 5.25. The molecule has 0 bridgehead atoms. The maximum absolute atomic E-state index is 12.3. The van der Waals surface area contributed by atoms with Crippen molar-refractivity contribution in [2.45, 2.75) is 18.0 Å². The van der Waals surface area contributed by atoms with E-state index in [1.54, 1.807) is 0 Å². The molecule has 8 heteroatoms. The fraction of sp³-hybridized carbons (Fsp3) is 0.136. The molecule has 0 atom stereocenters. The molecule has 6 nitrogen and oxygen atoms in total. The van der Waals surface area contributed by atoms with Crippen LogP contribution in [0.5, 0.6) is 0 Å². The largest absolute Gasteiger partial charge is 0.324 e. The number of aromatic nitrogens is 3. The van der Waals surface area contributed by atoms with E-state index in [1.807, 2.05) is 78.1 Å². The van der Waals surface area contributed by atoms with Crippen molar-refractivity contribution < 1.29 is 4.79 Å². The maximum atomic E-state index is 12.3. The summed E-state index contributed by atoms with van der Waals surface area (Å²) in [4.78, 5) is 16.5. The number of aryl methyl sites for hydroxylation is 1. The first-order valence-electron chi connectivity index (χ1n) is 9.64. The molecule has 0 saturated carbocycles. The van der Waals surface area contributed by atoms with Crippen LogP contribution in [0.4, 0.5) is 15.5 Å². The summed E-state index contributed by atoms with van der Waals surface area (Å²) in [6, 6.07) is 15.4. The zero-order valence-electron chi connectivity index (χ0n) is 16.0. The van der Waals surface area contributed by atoms with Crippen molar-refractivity contribution in [2.75, 3.05) is 16.4 Å². The van der Waals surface area contributed by atoms with E-state index in [-0.39, 0.29) is 6.03 Å². The van der Waals surface area contributed by atoms with Crippen LogP contribution in [-0.2, 0) is 6.54 Å². The molecule has 2 N–H and O–H groups in total. The van der Waals surface area contributed by atoms with E-state index in [1.165, 1.54) is 16.4 Å². The number of urea groups is 1. The molecule has 5 rings (SSSR count). The molecule has 1 aliphatic heterocycles. The molecule has 4 aromatic rings. The number of thioether (sulfide) groups is 1. The van der Waals surface area contributed by atoms with Gasteiger partial charge in [0.2, 0.25) is 0 Å². The van der Waals surface area contributed by atoms with Gasteiger partial charge >= 0.3 is 6.03 Å². The van der Waals surface area contributed by atoms with Crippen molar-refractivity contribution in [3.63, 3.8) is 0 Å². The Bertz CT molecular complexity index is 1170. The fourth-order valence-corrected chi connectivity index (χ4v) is 5.20. The van der Waals surface area contributed by atoms with Crippen molar-refractivity contribution in [3.8, 4) is 22.4 Å². The monoisotopic (exact) mass is 433 g/mol. The Hall–Kier alpha value is -3.10. The second-order valence-corrected chi connectivity index (χ2v) is 8.86. The molecule has 3 aromatic heterocycles. The molecular formula is C22H19N5OS2. The van der Waals surface area contributed by atoms with Gasteiger partial charge in [-0.3, -0.25) is 15.0 Å². The van der Waals surface area contributed by atoms with Gasteiger partial charge in [0.15, 0.2) is 0 Å². The number of carbonyl (C=O) groups excluding carboxylic acids is 1. The molecule has 0 radical (unpaired) electrons. The summed E-state index contributed by atoms with van der Waals surface area (Å²) < 4.78 is 2.10. The summed E-state index contributed by atoms with van der Waals surface area (Å²) in [6.45, 7) is 0.918. The molecule has 4 heterocycles. The van der Waals surface area contributed by atoms with E-state index in [9.17, 15) is 4.79 Å². The van der Waals surface area contributed by atoms with Crippen molar-refractivity contribution >= 4 is 39.8 Å². The van der Waals surface area contributed by atoms with E-state index < -0.39 is 0 Å². The van der Waals surface area contributed by atoms with E-state index in [4.69, 9.17) is 5.10 Å². The highest BCUT2D eigenvalue weighted by Gasteiger charge is 2.23. The lowest BCUT2D eigenvalue weighted by Gasteiger charge is -2.14. The zero-order valence-corrected chi connectivity index (χ0v) is 17.7. The van der Waals surface area contributed by atoms with Crippen LogP contribution >= 0.6 is 23.1 Å². The Morgan fingerprint density at radius 1 is 1.03 bits per heavy atom. The fourth-order valence-electron chi connectivity index (χ4n) is 3.48. The van der Waals surface area contributed by atoms with Crippen LogP contribution in [0.3, 0.4) is 0 Å². The van der Waals surface area contributed by atoms with Crippen molar-refractivity contribution in [3.05, 3.63) is 66.3 Å². The van der Waals surface area contributed by atoms with Crippen molar-refractivity contribution in [2.24, 2.45) is 0 Å². The van der Waals surface area contributed by atoms with Gasteiger partial charge in [0, 0.05) is 41.5 Å². The lowest BCUT2D eigenvalue weighted by Crippen LogP contribution is -2.18. The molecule has 0 aliphatic carbocycles. The normalized spacial score (nSPS) is 12.9. The number of anilines is 2. The van der Waals surface area contributed by atoms with Crippen LogP contribution in [0.15, 0.2) is 71.3 Å². The second-order valence-electron chi connectivity index (χ2n) is 6.83. The van der Waals surface area contributed by atoms with Crippen molar-refractivity contribution in [1.29, 1.82) is 0 Å². The smallest absolute Gasteiger partial charge is 0.308 e. The Morgan fingerprint density at radius 2 is 1.93 bits per heavy atom. The quantitative estimate of drug-likeness (QED) is 0.426. The van der Waals surface area contributed by atoms with Gasteiger partial charge in [-0.2, -0.15) is 5.10 Å². The second kappa shape index (κ2) is 8.33. The molecule has 0 unspecified atom stereocenters. The average molecular weight is 434 g/mol. The van der Waals surface area contributed by atoms with Crippen LogP contribution < -0.4 is 10.6 Å². The SMILES string of the molecule is O=C(Nc1cccc(-c2nn3c(c2-c2ccncc2)SCCC3)c1)Nc1cccs1. The minimum absolute atomic E-state index is 0.261. The first kappa shape index (κ1) is 18.9. The van der Waals surface area contributed by atoms with Gasteiger partial charge in [-0.05, 0) is 53.8 Å². The van der Waals surface area contributed by atoms with Gasteiger partial charge in [-0.25, -0.2) is 4.79 Å². The van der Waals surface area contributed by atoms with Gasteiger partial charge in [0.25, 0.3) is 0 Å². The number of benzene rings is 1. The highest BCUT2D eigenvalue weighted by molar-refractivity contribution is 7.99. The predicted octanol–water partition coefficient (Wildman–Crippen LogP) is 5.81. The molecule has 0 saturated heterocycles. The maximum Gasteiger partial charge on any atom is 0.324 e. The van der Waals surface area contributed by atoms with E-state index in [0.717, 1.165) is 51.8 Å². The summed E-state index contributed by atoms with van der Waals surface area (Å²) in [5, 5.41) is 14.6. The third-order valence-electron chi connectivity index (χ3n) is 4.78.